The number of amides is 1. The summed E-state index contributed by atoms with van der Waals surface area (Å²) in [7, 11) is 1.87. The summed E-state index contributed by atoms with van der Waals surface area (Å²) in [6.07, 6.45) is 2.21. The maximum absolute atomic E-state index is 12.2. The number of aryl methyl sites for hydroxylation is 2. The molecule has 2 rings (SSSR count). The summed E-state index contributed by atoms with van der Waals surface area (Å²) in [5, 5.41) is 7.20. The van der Waals surface area contributed by atoms with Gasteiger partial charge in [0.1, 0.15) is 0 Å². The van der Waals surface area contributed by atoms with Crippen LogP contribution in [-0.2, 0) is 24.8 Å². The molecule has 1 N–H and O–H groups in total. The Hall–Kier alpha value is -2.50. The molecule has 1 heterocycles. The number of carbonyl (C=O) groups is 1. The Labute approximate surface area is 142 Å². The van der Waals surface area contributed by atoms with E-state index in [1.54, 1.807) is 4.68 Å². The van der Waals surface area contributed by atoms with Crippen LogP contribution in [-0.4, -0.2) is 28.9 Å². The van der Waals surface area contributed by atoms with Gasteiger partial charge in [-0.3, -0.25) is 9.48 Å². The molecule has 0 unspecified atom stereocenters. The molecule has 0 saturated carbocycles. The van der Waals surface area contributed by atoms with E-state index in [0.29, 0.717) is 37.7 Å². The standard InChI is InChI=1S/C18H25N3O3/c1-5-23-16-8-7-14(9-17(16)24-6-2)10-18(22)19-11-15-12-21(4)20-13(15)3/h7-9,12H,5-6,10-11H2,1-4H3,(H,19,22). The van der Waals surface area contributed by atoms with Gasteiger partial charge >= 0.3 is 0 Å². The normalized spacial score (nSPS) is 10.5. The maximum Gasteiger partial charge on any atom is 0.224 e. The first kappa shape index (κ1) is 17.8. The molecular weight excluding hydrogens is 306 g/mol. The molecule has 2 aromatic rings. The molecule has 1 aromatic carbocycles. The number of benzene rings is 1. The van der Waals surface area contributed by atoms with Crippen molar-refractivity contribution in [1.29, 1.82) is 0 Å². The van der Waals surface area contributed by atoms with Crippen molar-refractivity contribution in [2.45, 2.75) is 33.7 Å². The molecule has 0 bridgehead atoms. The Morgan fingerprint density at radius 3 is 2.54 bits per heavy atom. The highest BCUT2D eigenvalue weighted by molar-refractivity contribution is 5.78. The van der Waals surface area contributed by atoms with E-state index >= 15 is 0 Å². The first-order valence-electron chi connectivity index (χ1n) is 8.17. The third-order valence-corrected chi connectivity index (χ3v) is 3.56. The number of hydrogen-bond acceptors (Lipinski definition) is 4. The summed E-state index contributed by atoms with van der Waals surface area (Å²) >= 11 is 0. The molecule has 130 valence electrons. The van der Waals surface area contributed by atoms with Crippen molar-refractivity contribution in [2.75, 3.05) is 13.2 Å². The van der Waals surface area contributed by atoms with Crippen molar-refractivity contribution in [3.05, 3.63) is 41.2 Å². The summed E-state index contributed by atoms with van der Waals surface area (Å²) in [4.78, 5) is 12.2. The van der Waals surface area contributed by atoms with Gasteiger partial charge in [0, 0.05) is 25.4 Å². The molecular formula is C18H25N3O3. The molecule has 0 aliphatic heterocycles. The third kappa shape index (κ3) is 4.75. The van der Waals surface area contributed by atoms with Gasteiger partial charge in [0.25, 0.3) is 0 Å². The molecule has 0 atom stereocenters. The number of nitrogens with one attached hydrogen (secondary N) is 1. The molecule has 0 aliphatic carbocycles. The van der Waals surface area contributed by atoms with Crippen LogP contribution in [0.3, 0.4) is 0 Å². The fraction of sp³-hybridized carbons (Fsp3) is 0.444. The SMILES string of the molecule is CCOc1ccc(CC(=O)NCc2cn(C)nc2C)cc1OCC. The zero-order valence-corrected chi connectivity index (χ0v) is 14.8. The minimum atomic E-state index is -0.0372. The molecule has 0 spiro atoms. The monoisotopic (exact) mass is 331 g/mol. The lowest BCUT2D eigenvalue weighted by Gasteiger charge is -2.12. The summed E-state index contributed by atoms with van der Waals surface area (Å²) in [6, 6.07) is 5.61. The quantitative estimate of drug-likeness (QED) is 0.806. The van der Waals surface area contributed by atoms with E-state index in [1.807, 2.05) is 52.2 Å². The largest absolute Gasteiger partial charge is 0.490 e. The predicted molar refractivity (Wildman–Crippen MR) is 92.3 cm³/mol. The van der Waals surface area contributed by atoms with Crippen LogP contribution in [0.4, 0.5) is 0 Å². The Balaban J connectivity index is 1.97. The Morgan fingerprint density at radius 1 is 1.21 bits per heavy atom. The van der Waals surface area contributed by atoms with Crippen molar-refractivity contribution < 1.29 is 14.3 Å². The second-order valence-electron chi connectivity index (χ2n) is 5.51. The van der Waals surface area contributed by atoms with E-state index in [9.17, 15) is 4.79 Å². The minimum absolute atomic E-state index is 0.0372. The molecule has 1 amide bonds. The molecule has 0 saturated heterocycles. The summed E-state index contributed by atoms with van der Waals surface area (Å²) < 4.78 is 12.9. The van der Waals surface area contributed by atoms with Crippen LogP contribution in [0.2, 0.25) is 0 Å². The maximum atomic E-state index is 12.2. The van der Waals surface area contributed by atoms with Gasteiger partial charge in [0.05, 0.1) is 25.3 Å². The molecule has 0 aliphatic rings. The zero-order valence-electron chi connectivity index (χ0n) is 14.8. The lowest BCUT2D eigenvalue weighted by Crippen LogP contribution is -2.24. The van der Waals surface area contributed by atoms with Crippen LogP contribution in [0.1, 0.15) is 30.7 Å². The van der Waals surface area contributed by atoms with E-state index < -0.39 is 0 Å². The van der Waals surface area contributed by atoms with Crippen LogP contribution < -0.4 is 14.8 Å². The smallest absolute Gasteiger partial charge is 0.224 e. The van der Waals surface area contributed by atoms with Gasteiger partial charge in [0.2, 0.25) is 5.91 Å². The highest BCUT2D eigenvalue weighted by Gasteiger charge is 2.10. The number of nitrogens with zero attached hydrogens (tertiary/aromatic N) is 2. The third-order valence-electron chi connectivity index (χ3n) is 3.56. The first-order valence-corrected chi connectivity index (χ1v) is 8.17. The summed E-state index contributed by atoms with van der Waals surface area (Å²) in [5.41, 5.74) is 2.84. The van der Waals surface area contributed by atoms with Gasteiger partial charge in [-0.1, -0.05) is 6.07 Å². The highest BCUT2D eigenvalue weighted by Crippen LogP contribution is 2.28. The van der Waals surface area contributed by atoms with Crippen molar-refractivity contribution in [3.63, 3.8) is 0 Å². The highest BCUT2D eigenvalue weighted by atomic mass is 16.5. The second-order valence-corrected chi connectivity index (χ2v) is 5.51. The van der Waals surface area contributed by atoms with Gasteiger partial charge < -0.3 is 14.8 Å². The molecule has 0 radical (unpaired) electrons. The van der Waals surface area contributed by atoms with Crippen molar-refractivity contribution in [3.8, 4) is 11.5 Å². The van der Waals surface area contributed by atoms with Crippen LogP contribution in [0, 0.1) is 6.92 Å². The summed E-state index contributed by atoms with van der Waals surface area (Å²) in [6.45, 7) is 7.39. The van der Waals surface area contributed by atoms with E-state index in [2.05, 4.69) is 10.4 Å². The van der Waals surface area contributed by atoms with Gasteiger partial charge in [-0.05, 0) is 38.5 Å². The second kappa shape index (κ2) is 8.38. The lowest BCUT2D eigenvalue weighted by molar-refractivity contribution is -0.120. The van der Waals surface area contributed by atoms with Crippen LogP contribution in [0.25, 0.3) is 0 Å². The van der Waals surface area contributed by atoms with Crippen LogP contribution in [0.5, 0.6) is 11.5 Å². The number of carbonyl (C=O) groups excluding carboxylic acids is 1. The number of aromatic nitrogens is 2. The first-order chi connectivity index (χ1) is 11.5. The zero-order chi connectivity index (χ0) is 17.5. The van der Waals surface area contributed by atoms with Gasteiger partial charge in [0.15, 0.2) is 11.5 Å². The molecule has 24 heavy (non-hydrogen) atoms. The van der Waals surface area contributed by atoms with Crippen molar-refractivity contribution in [1.82, 2.24) is 15.1 Å². The molecule has 1 aromatic heterocycles. The Kier molecular flexibility index (Phi) is 6.23. The number of rotatable bonds is 8. The van der Waals surface area contributed by atoms with E-state index in [1.165, 1.54) is 0 Å². The number of hydrogen-bond donors (Lipinski definition) is 1. The van der Waals surface area contributed by atoms with Crippen molar-refractivity contribution in [2.24, 2.45) is 7.05 Å². The fourth-order valence-electron chi connectivity index (χ4n) is 2.47. The average molecular weight is 331 g/mol. The number of ether oxygens (including phenoxy) is 2. The van der Waals surface area contributed by atoms with E-state index in [4.69, 9.17) is 9.47 Å². The predicted octanol–water partition coefficient (Wildman–Crippen LogP) is 2.38. The van der Waals surface area contributed by atoms with Crippen LogP contribution >= 0.6 is 0 Å². The minimum Gasteiger partial charge on any atom is -0.490 e. The van der Waals surface area contributed by atoms with E-state index in [-0.39, 0.29) is 5.91 Å². The fourth-order valence-corrected chi connectivity index (χ4v) is 2.47. The van der Waals surface area contributed by atoms with Gasteiger partial charge in [-0.15, -0.1) is 0 Å². The molecule has 0 fully saturated rings. The van der Waals surface area contributed by atoms with E-state index in [0.717, 1.165) is 16.8 Å². The molecule has 6 nitrogen and oxygen atoms in total. The summed E-state index contributed by atoms with van der Waals surface area (Å²) in [5.74, 6) is 1.34. The molecule has 6 heteroatoms. The van der Waals surface area contributed by atoms with Gasteiger partial charge in [-0.25, -0.2) is 0 Å². The Morgan fingerprint density at radius 2 is 1.92 bits per heavy atom. The lowest BCUT2D eigenvalue weighted by atomic mass is 10.1. The average Bonchev–Trinajstić information content (AvgIpc) is 2.86. The van der Waals surface area contributed by atoms with Crippen molar-refractivity contribution >= 4 is 5.91 Å². The van der Waals surface area contributed by atoms with Crippen LogP contribution in [0.15, 0.2) is 24.4 Å². The van der Waals surface area contributed by atoms with Gasteiger partial charge in [-0.2, -0.15) is 5.10 Å². The topological polar surface area (TPSA) is 65.4 Å². The Bertz CT molecular complexity index is 695.